The van der Waals surface area contributed by atoms with Crippen LogP contribution >= 0.6 is 11.8 Å². The Labute approximate surface area is 121 Å². The van der Waals surface area contributed by atoms with Crippen molar-refractivity contribution in [2.75, 3.05) is 43.3 Å². The molecule has 4 N–H and O–H groups in total. The molecule has 1 aromatic rings. The SMILES string of the molecule is COCCn1c(N)c(NCC(C)CSC)c(=O)[nH]c1=O. The lowest BCUT2D eigenvalue weighted by molar-refractivity contribution is 0.186. The van der Waals surface area contributed by atoms with E-state index in [4.69, 9.17) is 10.5 Å². The zero-order valence-corrected chi connectivity index (χ0v) is 12.9. The van der Waals surface area contributed by atoms with E-state index in [1.165, 1.54) is 11.7 Å². The van der Waals surface area contributed by atoms with Crippen LogP contribution in [0.1, 0.15) is 6.92 Å². The van der Waals surface area contributed by atoms with Crippen LogP contribution in [0.5, 0.6) is 0 Å². The third-order valence-corrected chi connectivity index (χ3v) is 3.74. The minimum Gasteiger partial charge on any atom is -0.383 e. The van der Waals surface area contributed by atoms with Crippen LogP contribution in [0, 0.1) is 5.92 Å². The number of aromatic nitrogens is 2. The van der Waals surface area contributed by atoms with Gasteiger partial charge in [-0.1, -0.05) is 6.92 Å². The molecule has 0 aromatic carbocycles. The average Bonchev–Trinajstić information content (AvgIpc) is 2.38. The zero-order chi connectivity index (χ0) is 15.1. The first-order valence-corrected chi connectivity index (χ1v) is 7.75. The van der Waals surface area contributed by atoms with Crippen molar-refractivity contribution in [3.05, 3.63) is 20.8 Å². The first-order valence-electron chi connectivity index (χ1n) is 6.35. The van der Waals surface area contributed by atoms with Gasteiger partial charge in [0.2, 0.25) is 0 Å². The molecule has 0 aliphatic heterocycles. The van der Waals surface area contributed by atoms with Crippen LogP contribution in [0.3, 0.4) is 0 Å². The molecule has 114 valence electrons. The molecule has 8 heteroatoms. The number of hydrogen-bond acceptors (Lipinski definition) is 6. The van der Waals surface area contributed by atoms with Gasteiger partial charge in [0.25, 0.3) is 5.56 Å². The lowest BCUT2D eigenvalue weighted by Gasteiger charge is -2.15. The van der Waals surface area contributed by atoms with Gasteiger partial charge in [0.05, 0.1) is 13.2 Å². The molecular formula is C12H22N4O3S. The Kier molecular flexibility index (Phi) is 6.66. The van der Waals surface area contributed by atoms with Crippen LogP contribution in [0.25, 0.3) is 0 Å². The number of H-pyrrole nitrogens is 1. The smallest absolute Gasteiger partial charge is 0.330 e. The number of nitrogens with two attached hydrogens (primary N) is 1. The summed E-state index contributed by atoms with van der Waals surface area (Å²) in [6.45, 7) is 3.34. The molecule has 0 fully saturated rings. The number of nitrogen functional groups attached to an aromatic ring is 1. The van der Waals surface area contributed by atoms with Gasteiger partial charge in [-0.15, -0.1) is 0 Å². The Bertz CT molecular complexity index is 540. The van der Waals surface area contributed by atoms with Gasteiger partial charge in [-0.3, -0.25) is 14.3 Å². The number of hydrogen-bond donors (Lipinski definition) is 3. The number of methoxy groups -OCH3 is 1. The number of thioether (sulfide) groups is 1. The minimum absolute atomic E-state index is 0.146. The quantitative estimate of drug-likeness (QED) is 0.633. The first kappa shape index (κ1) is 16.6. The Hall–Kier alpha value is -1.41. The Balaban J connectivity index is 2.95. The van der Waals surface area contributed by atoms with Crippen molar-refractivity contribution in [3.63, 3.8) is 0 Å². The van der Waals surface area contributed by atoms with Gasteiger partial charge < -0.3 is 15.8 Å². The monoisotopic (exact) mass is 302 g/mol. The summed E-state index contributed by atoms with van der Waals surface area (Å²) in [5.74, 6) is 1.52. The molecule has 0 saturated heterocycles. The maximum absolute atomic E-state index is 11.8. The normalized spacial score (nSPS) is 12.3. The van der Waals surface area contributed by atoms with Crippen molar-refractivity contribution in [1.29, 1.82) is 0 Å². The van der Waals surface area contributed by atoms with Crippen LogP contribution in [-0.2, 0) is 11.3 Å². The van der Waals surface area contributed by atoms with Crippen molar-refractivity contribution in [3.8, 4) is 0 Å². The number of aromatic amines is 1. The standard InChI is InChI=1S/C12H22N4O3S/c1-8(7-20-3)6-14-9-10(13)16(4-5-19-2)12(18)15-11(9)17/h8,14H,4-7,13H2,1-3H3,(H,15,17,18). The lowest BCUT2D eigenvalue weighted by atomic mass is 10.2. The molecule has 0 saturated carbocycles. The molecule has 0 spiro atoms. The molecule has 1 aromatic heterocycles. The van der Waals surface area contributed by atoms with E-state index in [2.05, 4.69) is 17.2 Å². The molecule has 0 aliphatic carbocycles. The molecule has 0 radical (unpaired) electrons. The summed E-state index contributed by atoms with van der Waals surface area (Å²) in [6.07, 6.45) is 2.03. The molecule has 1 rings (SSSR count). The van der Waals surface area contributed by atoms with E-state index >= 15 is 0 Å². The predicted octanol–water partition coefficient (Wildman–Crippen LogP) is 0.176. The van der Waals surface area contributed by atoms with E-state index in [0.717, 1.165) is 5.75 Å². The number of nitrogens with one attached hydrogen (secondary N) is 2. The summed E-state index contributed by atoms with van der Waals surface area (Å²) in [7, 11) is 1.54. The first-order chi connectivity index (χ1) is 9.51. The zero-order valence-electron chi connectivity index (χ0n) is 12.1. The third-order valence-electron chi connectivity index (χ3n) is 2.84. The van der Waals surface area contributed by atoms with Crippen molar-refractivity contribution in [2.45, 2.75) is 13.5 Å². The van der Waals surface area contributed by atoms with E-state index in [1.54, 1.807) is 11.8 Å². The van der Waals surface area contributed by atoms with Gasteiger partial charge in [-0.05, 0) is 17.9 Å². The van der Waals surface area contributed by atoms with Crippen LogP contribution in [0.4, 0.5) is 11.5 Å². The molecular weight excluding hydrogens is 280 g/mol. The summed E-state index contributed by atoms with van der Waals surface area (Å²) in [4.78, 5) is 25.8. The second-order valence-corrected chi connectivity index (χ2v) is 5.52. The molecule has 1 heterocycles. The molecule has 1 atom stereocenters. The maximum Gasteiger partial charge on any atom is 0.330 e. The van der Waals surface area contributed by atoms with E-state index in [0.29, 0.717) is 25.6 Å². The fourth-order valence-corrected chi connectivity index (χ4v) is 2.47. The topological polar surface area (TPSA) is 102 Å². The maximum atomic E-state index is 11.8. The van der Waals surface area contributed by atoms with Gasteiger partial charge in [-0.25, -0.2) is 4.79 Å². The highest BCUT2D eigenvalue weighted by Gasteiger charge is 2.12. The Morgan fingerprint density at radius 2 is 2.20 bits per heavy atom. The number of nitrogens with zero attached hydrogens (tertiary/aromatic N) is 1. The highest BCUT2D eigenvalue weighted by molar-refractivity contribution is 7.98. The average molecular weight is 302 g/mol. The largest absolute Gasteiger partial charge is 0.383 e. The molecule has 1 unspecified atom stereocenters. The van der Waals surface area contributed by atoms with E-state index < -0.39 is 11.2 Å². The highest BCUT2D eigenvalue weighted by Crippen LogP contribution is 2.12. The van der Waals surface area contributed by atoms with Crippen LogP contribution in [-0.4, -0.2) is 41.8 Å². The van der Waals surface area contributed by atoms with Crippen molar-refractivity contribution < 1.29 is 4.74 Å². The van der Waals surface area contributed by atoms with Crippen molar-refractivity contribution >= 4 is 23.3 Å². The van der Waals surface area contributed by atoms with Crippen molar-refractivity contribution in [2.24, 2.45) is 5.92 Å². The summed E-state index contributed by atoms with van der Waals surface area (Å²) < 4.78 is 6.22. The predicted molar refractivity (Wildman–Crippen MR) is 83.6 cm³/mol. The van der Waals surface area contributed by atoms with Gasteiger partial charge in [0.1, 0.15) is 11.5 Å². The fourth-order valence-electron chi connectivity index (χ4n) is 1.78. The van der Waals surface area contributed by atoms with Gasteiger partial charge in [0, 0.05) is 13.7 Å². The molecule has 7 nitrogen and oxygen atoms in total. The molecule has 0 aliphatic rings. The number of ether oxygens (including phenoxy) is 1. The molecule has 0 amide bonds. The second kappa shape index (κ2) is 8.01. The highest BCUT2D eigenvalue weighted by atomic mass is 32.2. The number of anilines is 2. The molecule has 0 bridgehead atoms. The van der Waals surface area contributed by atoms with Crippen LogP contribution in [0.2, 0.25) is 0 Å². The summed E-state index contributed by atoms with van der Waals surface area (Å²) in [5, 5.41) is 3.03. The Morgan fingerprint density at radius 1 is 1.50 bits per heavy atom. The van der Waals surface area contributed by atoms with Crippen molar-refractivity contribution in [1.82, 2.24) is 9.55 Å². The van der Waals surface area contributed by atoms with E-state index in [-0.39, 0.29) is 11.5 Å². The second-order valence-electron chi connectivity index (χ2n) is 4.61. The van der Waals surface area contributed by atoms with Gasteiger partial charge in [-0.2, -0.15) is 11.8 Å². The number of rotatable bonds is 8. The summed E-state index contributed by atoms with van der Waals surface area (Å²) >= 11 is 1.74. The van der Waals surface area contributed by atoms with Crippen LogP contribution < -0.4 is 22.3 Å². The van der Waals surface area contributed by atoms with Gasteiger partial charge in [0.15, 0.2) is 0 Å². The lowest BCUT2D eigenvalue weighted by Crippen LogP contribution is -2.35. The Morgan fingerprint density at radius 3 is 2.80 bits per heavy atom. The summed E-state index contributed by atoms with van der Waals surface area (Å²) in [6, 6.07) is 0. The minimum atomic E-state index is -0.521. The van der Waals surface area contributed by atoms with Crippen LogP contribution in [0.15, 0.2) is 9.59 Å². The third kappa shape index (κ3) is 4.31. The van der Waals surface area contributed by atoms with E-state index in [1.807, 2.05) is 6.26 Å². The molecule has 20 heavy (non-hydrogen) atoms. The van der Waals surface area contributed by atoms with E-state index in [9.17, 15) is 9.59 Å². The van der Waals surface area contributed by atoms with Gasteiger partial charge >= 0.3 is 5.69 Å². The summed E-state index contributed by atoms with van der Waals surface area (Å²) in [5.41, 5.74) is 5.14. The fraction of sp³-hybridized carbons (Fsp3) is 0.667.